The molecule has 0 amide bonds. The first-order valence-electron chi connectivity index (χ1n) is 6.63. The number of unbranched alkanes of at least 4 members (excludes halogenated alkanes) is 3. The zero-order chi connectivity index (χ0) is 12.3. The van der Waals surface area contributed by atoms with E-state index in [2.05, 4.69) is 42.6 Å². The molecule has 0 atom stereocenters. The van der Waals surface area contributed by atoms with Gasteiger partial charge in [-0.2, -0.15) is 0 Å². The van der Waals surface area contributed by atoms with E-state index in [0.29, 0.717) is 0 Å². The second kappa shape index (κ2) is 9.17. The second-order valence-corrected chi connectivity index (χ2v) is 4.89. The Morgan fingerprint density at radius 2 is 1.88 bits per heavy atom. The molecule has 0 aromatic heterocycles. The van der Waals surface area contributed by atoms with E-state index in [1.165, 1.54) is 31.2 Å². The summed E-state index contributed by atoms with van der Waals surface area (Å²) in [6.45, 7) is 3.19. The zero-order valence-corrected chi connectivity index (χ0v) is 11.6. The number of benzene rings is 1. The topological polar surface area (TPSA) is 12.0 Å². The van der Waals surface area contributed by atoms with Crippen molar-refractivity contribution in [3.8, 4) is 0 Å². The number of hydrogen-bond donors (Lipinski definition) is 1. The lowest BCUT2D eigenvalue weighted by Crippen LogP contribution is -2.23. The van der Waals surface area contributed by atoms with Crippen molar-refractivity contribution in [2.75, 3.05) is 6.54 Å². The minimum atomic E-state index is 0.955. The normalized spacial score (nSPS) is 10.2. The first kappa shape index (κ1) is 14.2. The average Bonchev–Trinajstić information content (AvgIpc) is 2.36. The van der Waals surface area contributed by atoms with Gasteiger partial charge in [-0.25, -0.2) is 0 Å². The standard InChI is InChI=1S/C15H23NS/c1-2-3-4-8-11-15(17)16-13-12-14-9-6-5-7-10-14/h5-7,9-10H,2-4,8,11-13H2,1H3,(H,16,17). The summed E-state index contributed by atoms with van der Waals surface area (Å²) in [5.41, 5.74) is 1.37. The molecular weight excluding hydrogens is 226 g/mol. The Morgan fingerprint density at radius 1 is 1.12 bits per heavy atom. The lowest BCUT2D eigenvalue weighted by Gasteiger charge is -2.07. The molecule has 94 valence electrons. The Bertz CT molecular complexity index is 308. The summed E-state index contributed by atoms with van der Waals surface area (Å²) in [5, 5.41) is 3.34. The first-order valence-corrected chi connectivity index (χ1v) is 7.04. The summed E-state index contributed by atoms with van der Waals surface area (Å²) in [7, 11) is 0. The summed E-state index contributed by atoms with van der Waals surface area (Å²) in [6.07, 6.45) is 7.24. The second-order valence-electron chi connectivity index (χ2n) is 4.40. The highest BCUT2D eigenvalue weighted by atomic mass is 32.1. The summed E-state index contributed by atoms with van der Waals surface area (Å²) in [5.74, 6) is 0. The highest BCUT2D eigenvalue weighted by Gasteiger charge is 1.96. The van der Waals surface area contributed by atoms with Crippen molar-refractivity contribution < 1.29 is 0 Å². The first-order chi connectivity index (χ1) is 8.33. The van der Waals surface area contributed by atoms with Crippen LogP contribution in [0, 0.1) is 0 Å². The minimum Gasteiger partial charge on any atom is -0.379 e. The van der Waals surface area contributed by atoms with Crippen molar-refractivity contribution in [3.63, 3.8) is 0 Å². The van der Waals surface area contributed by atoms with Gasteiger partial charge in [0.2, 0.25) is 0 Å². The third-order valence-electron chi connectivity index (χ3n) is 2.84. The fourth-order valence-electron chi connectivity index (χ4n) is 1.79. The van der Waals surface area contributed by atoms with Crippen LogP contribution >= 0.6 is 12.2 Å². The van der Waals surface area contributed by atoms with Crippen LogP contribution in [0.1, 0.15) is 44.6 Å². The van der Waals surface area contributed by atoms with Crippen molar-refractivity contribution in [3.05, 3.63) is 35.9 Å². The molecule has 1 rings (SSSR count). The number of rotatable bonds is 8. The fourth-order valence-corrected chi connectivity index (χ4v) is 2.04. The summed E-state index contributed by atoms with van der Waals surface area (Å²) in [4.78, 5) is 1.03. The average molecular weight is 249 g/mol. The molecule has 1 aromatic carbocycles. The van der Waals surface area contributed by atoms with Crippen LogP contribution in [0.3, 0.4) is 0 Å². The lowest BCUT2D eigenvalue weighted by atomic mass is 10.1. The molecule has 0 spiro atoms. The molecule has 0 saturated carbocycles. The third-order valence-corrected chi connectivity index (χ3v) is 3.18. The lowest BCUT2D eigenvalue weighted by molar-refractivity contribution is 0.678. The molecule has 0 aliphatic carbocycles. The Hall–Kier alpha value is -0.890. The maximum absolute atomic E-state index is 5.31. The summed E-state index contributed by atoms with van der Waals surface area (Å²) in [6, 6.07) is 10.5. The highest BCUT2D eigenvalue weighted by Crippen LogP contribution is 2.03. The fraction of sp³-hybridized carbons (Fsp3) is 0.533. The van der Waals surface area contributed by atoms with E-state index in [-0.39, 0.29) is 0 Å². The Kier molecular flexibility index (Phi) is 7.65. The summed E-state index contributed by atoms with van der Waals surface area (Å²) >= 11 is 5.31. The van der Waals surface area contributed by atoms with Crippen LogP contribution in [0.2, 0.25) is 0 Å². The minimum absolute atomic E-state index is 0.955. The molecule has 0 bridgehead atoms. The van der Waals surface area contributed by atoms with Crippen LogP contribution in [-0.4, -0.2) is 11.5 Å². The third kappa shape index (κ3) is 7.11. The van der Waals surface area contributed by atoms with E-state index >= 15 is 0 Å². The van der Waals surface area contributed by atoms with Gasteiger partial charge in [0.15, 0.2) is 0 Å². The molecular formula is C15H23NS. The quantitative estimate of drug-likeness (QED) is 0.549. The molecule has 0 unspecified atom stereocenters. The van der Waals surface area contributed by atoms with Crippen molar-refractivity contribution in [1.29, 1.82) is 0 Å². The van der Waals surface area contributed by atoms with E-state index in [9.17, 15) is 0 Å². The summed E-state index contributed by atoms with van der Waals surface area (Å²) < 4.78 is 0. The Morgan fingerprint density at radius 3 is 2.59 bits per heavy atom. The Labute approximate surface area is 111 Å². The largest absolute Gasteiger partial charge is 0.379 e. The van der Waals surface area contributed by atoms with Gasteiger partial charge in [0.25, 0.3) is 0 Å². The molecule has 0 aliphatic rings. The van der Waals surface area contributed by atoms with E-state index in [1.54, 1.807) is 0 Å². The molecule has 1 nitrogen and oxygen atoms in total. The Balaban J connectivity index is 2.04. The van der Waals surface area contributed by atoms with Gasteiger partial charge >= 0.3 is 0 Å². The molecule has 0 heterocycles. The molecule has 0 radical (unpaired) electrons. The van der Waals surface area contributed by atoms with Crippen LogP contribution in [0.15, 0.2) is 30.3 Å². The van der Waals surface area contributed by atoms with E-state index in [1.807, 2.05) is 0 Å². The molecule has 17 heavy (non-hydrogen) atoms. The smallest absolute Gasteiger partial charge is 0.0753 e. The molecule has 0 aliphatic heterocycles. The molecule has 1 N–H and O–H groups in total. The SMILES string of the molecule is CCCCCCC(=S)NCCc1ccccc1. The van der Waals surface area contributed by atoms with Crippen molar-refractivity contribution in [2.45, 2.75) is 45.4 Å². The zero-order valence-electron chi connectivity index (χ0n) is 10.7. The van der Waals surface area contributed by atoms with Crippen LogP contribution in [0.5, 0.6) is 0 Å². The van der Waals surface area contributed by atoms with Crippen molar-refractivity contribution in [2.24, 2.45) is 0 Å². The van der Waals surface area contributed by atoms with Gasteiger partial charge in [0.1, 0.15) is 0 Å². The van der Waals surface area contributed by atoms with E-state index < -0.39 is 0 Å². The number of nitrogens with one attached hydrogen (secondary N) is 1. The van der Waals surface area contributed by atoms with Crippen LogP contribution < -0.4 is 5.32 Å². The van der Waals surface area contributed by atoms with Crippen molar-refractivity contribution >= 4 is 17.2 Å². The van der Waals surface area contributed by atoms with Gasteiger partial charge in [-0.1, -0.05) is 68.7 Å². The van der Waals surface area contributed by atoms with Gasteiger partial charge < -0.3 is 5.32 Å². The van der Waals surface area contributed by atoms with Gasteiger partial charge in [-0.15, -0.1) is 0 Å². The van der Waals surface area contributed by atoms with Gasteiger partial charge in [0, 0.05) is 6.54 Å². The van der Waals surface area contributed by atoms with Crippen LogP contribution in [-0.2, 0) is 6.42 Å². The number of thiocarbonyl (C=S) groups is 1. The monoisotopic (exact) mass is 249 g/mol. The molecule has 2 heteroatoms. The molecule has 0 saturated heterocycles. The highest BCUT2D eigenvalue weighted by molar-refractivity contribution is 7.80. The number of hydrogen-bond acceptors (Lipinski definition) is 1. The van der Waals surface area contributed by atoms with Crippen LogP contribution in [0.4, 0.5) is 0 Å². The maximum Gasteiger partial charge on any atom is 0.0753 e. The van der Waals surface area contributed by atoms with E-state index in [0.717, 1.165) is 24.4 Å². The van der Waals surface area contributed by atoms with Gasteiger partial charge in [0.05, 0.1) is 4.99 Å². The van der Waals surface area contributed by atoms with Crippen molar-refractivity contribution in [1.82, 2.24) is 5.32 Å². The van der Waals surface area contributed by atoms with Gasteiger partial charge in [-0.05, 0) is 24.8 Å². The van der Waals surface area contributed by atoms with Gasteiger partial charge in [-0.3, -0.25) is 0 Å². The molecule has 1 aromatic rings. The molecule has 0 fully saturated rings. The maximum atomic E-state index is 5.31. The predicted octanol–water partition coefficient (Wildman–Crippen LogP) is 4.12. The van der Waals surface area contributed by atoms with E-state index in [4.69, 9.17) is 12.2 Å². The van der Waals surface area contributed by atoms with Crippen LogP contribution in [0.25, 0.3) is 0 Å². The predicted molar refractivity (Wildman–Crippen MR) is 79.5 cm³/mol.